The molecule has 7 nitrogen and oxygen atoms in total. The van der Waals surface area contributed by atoms with E-state index in [1.54, 1.807) is 7.05 Å². The van der Waals surface area contributed by atoms with E-state index in [2.05, 4.69) is 33.5 Å². The lowest BCUT2D eigenvalue weighted by Gasteiger charge is -2.39. The Morgan fingerprint density at radius 1 is 1.18 bits per heavy atom. The first-order chi connectivity index (χ1) is 13.6. The number of piperidine rings is 1. The Hall–Kier alpha value is -2.70. The lowest BCUT2D eigenvalue weighted by molar-refractivity contribution is 0.116. The number of aryl methyl sites for hydroxylation is 1. The first-order valence-corrected chi connectivity index (χ1v) is 10.1. The van der Waals surface area contributed by atoms with Crippen molar-refractivity contribution in [3.63, 3.8) is 0 Å². The summed E-state index contributed by atoms with van der Waals surface area (Å²) < 4.78 is 2.10. The lowest BCUT2D eigenvalue weighted by Crippen LogP contribution is -2.56. The number of hydrogen-bond acceptors (Lipinski definition) is 2. The predicted octanol–water partition coefficient (Wildman–Crippen LogP) is 2.66. The van der Waals surface area contributed by atoms with Crippen LogP contribution in [0.25, 0.3) is 10.9 Å². The minimum absolute atomic E-state index is 0.0146. The number of nitrogens with one attached hydrogen (secondary N) is 2. The van der Waals surface area contributed by atoms with Crippen molar-refractivity contribution >= 4 is 23.0 Å². The van der Waals surface area contributed by atoms with E-state index in [4.69, 9.17) is 0 Å². The molecule has 1 aromatic carbocycles. The van der Waals surface area contributed by atoms with E-state index in [-0.39, 0.29) is 18.1 Å². The Kier molecular flexibility index (Phi) is 5.15. The maximum atomic E-state index is 13.1. The number of hydrogen-bond donors (Lipinski definition) is 2. The second kappa shape index (κ2) is 7.73. The van der Waals surface area contributed by atoms with Gasteiger partial charge in [-0.15, -0.1) is 0 Å². The highest BCUT2D eigenvalue weighted by atomic mass is 16.2. The van der Waals surface area contributed by atoms with Gasteiger partial charge in [0.25, 0.3) is 0 Å². The quantitative estimate of drug-likeness (QED) is 0.852. The number of urea groups is 2. The molecular formula is C21H29N5O2. The molecule has 0 unspecified atom stereocenters. The van der Waals surface area contributed by atoms with Gasteiger partial charge in [-0.05, 0) is 37.3 Å². The van der Waals surface area contributed by atoms with E-state index in [1.165, 1.54) is 10.9 Å². The molecule has 0 spiro atoms. The van der Waals surface area contributed by atoms with Gasteiger partial charge in [0.05, 0.1) is 6.04 Å². The standard InChI is InChI=1S/C21H29N5O2/c1-22-20(27)25-11-5-6-17(14-25)26(16-9-10-16)21(28)23-12-15-13-24(2)19-8-4-3-7-18(15)19/h3-4,7-8,13,16-17H,5-6,9-12,14H2,1-2H3,(H,22,27)(H,23,28)/t17-/m1/s1. The number of amides is 4. The van der Waals surface area contributed by atoms with Gasteiger partial charge in [-0.25, -0.2) is 9.59 Å². The molecule has 4 amide bonds. The Bertz CT molecular complexity index is 873. The summed E-state index contributed by atoms with van der Waals surface area (Å²) in [5.74, 6) is 0. The van der Waals surface area contributed by atoms with E-state index in [1.807, 2.05) is 29.0 Å². The third-order valence-electron chi connectivity index (χ3n) is 5.88. The Morgan fingerprint density at radius 2 is 1.96 bits per heavy atom. The second-order valence-corrected chi connectivity index (χ2v) is 7.88. The van der Waals surface area contributed by atoms with Crippen molar-refractivity contribution in [3.8, 4) is 0 Å². The molecule has 1 aliphatic carbocycles. The summed E-state index contributed by atoms with van der Waals surface area (Å²) in [6, 6.07) is 8.56. The number of carbonyl (C=O) groups excluding carboxylic acids is 2. The molecule has 0 radical (unpaired) electrons. The Balaban J connectivity index is 1.45. The predicted molar refractivity (Wildman–Crippen MR) is 109 cm³/mol. The number of benzene rings is 1. The van der Waals surface area contributed by atoms with Crippen molar-refractivity contribution in [2.45, 2.75) is 44.3 Å². The van der Waals surface area contributed by atoms with Crippen LogP contribution in [0, 0.1) is 0 Å². The number of rotatable bonds is 4. The Morgan fingerprint density at radius 3 is 2.71 bits per heavy atom. The molecule has 1 atom stereocenters. The average Bonchev–Trinajstić information content (AvgIpc) is 3.50. The summed E-state index contributed by atoms with van der Waals surface area (Å²) in [4.78, 5) is 28.9. The molecule has 0 bridgehead atoms. The van der Waals surface area contributed by atoms with Crippen LogP contribution in [-0.2, 0) is 13.6 Å². The molecule has 1 saturated carbocycles. The molecule has 2 aliphatic rings. The number of carbonyl (C=O) groups is 2. The molecule has 2 heterocycles. The highest BCUT2D eigenvalue weighted by Gasteiger charge is 2.39. The van der Waals surface area contributed by atoms with Crippen molar-refractivity contribution < 1.29 is 9.59 Å². The van der Waals surface area contributed by atoms with Crippen LogP contribution in [0.2, 0.25) is 0 Å². The first kappa shape index (κ1) is 18.7. The van der Waals surface area contributed by atoms with Crippen LogP contribution < -0.4 is 10.6 Å². The fourth-order valence-corrected chi connectivity index (χ4v) is 4.34. The van der Waals surface area contributed by atoms with Gasteiger partial charge in [0.2, 0.25) is 0 Å². The highest BCUT2D eigenvalue weighted by Crippen LogP contribution is 2.31. The first-order valence-electron chi connectivity index (χ1n) is 10.1. The van der Waals surface area contributed by atoms with Gasteiger partial charge in [0.15, 0.2) is 0 Å². The molecule has 1 aliphatic heterocycles. The van der Waals surface area contributed by atoms with Gasteiger partial charge in [0.1, 0.15) is 0 Å². The minimum Gasteiger partial charge on any atom is -0.350 e. The van der Waals surface area contributed by atoms with Crippen LogP contribution in [0.15, 0.2) is 30.5 Å². The minimum atomic E-state index is -0.0587. The van der Waals surface area contributed by atoms with Crippen LogP contribution in [0.3, 0.4) is 0 Å². The van der Waals surface area contributed by atoms with Gasteiger partial charge < -0.3 is 25.0 Å². The van der Waals surface area contributed by atoms with E-state index >= 15 is 0 Å². The molecule has 1 saturated heterocycles. The van der Waals surface area contributed by atoms with Crippen molar-refractivity contribution in [3.05, 3.63) is 36.0 Å². The third kappa shape index (κ3) is 3.66. The van der Waals surface area contributed by atoms with Crippen LogP contribution >= 0.6 is 0 Å². The average molecular weight is 383 g/mol. The summed E-state index contributed by atoms with van der Waals surface area (Å²) >= 11 is 0. The highest BCUT2D eigenvalue weighted by molar-refractivity contribution is 5.84. The maximum Gasteiger partial charge on any atom is 0.318 e. The van der Waals surface area contributed by atoms with Gasteiger partial charge in [-0.1, -0.05) is 18.2 Å². The van der Waals surface area contributed by atoms with Crippen LogP contribution in [0.1, 0.15) is 31.2 Å². The molecule has 1 aromatic heterocycles. The van der Waals surface area contributed by atoms with Gasteiger partial charge in [-0.2, -0.15) is 0 Å². The number of nitrogens with zero attached hydrogens (tertiary/aromatic N) is 3. The van der Waals surface area contributed by atoms with E-state index in [9.17, 15) is 9.59 Å². The number of aromatic nitrogens is 1. The van der Waals surface area contributed by atoms with Gasteiger partial charge >= 0.3 is 12.1 Å². The fraction of sp³-hybridized carbons (Fsp3) is 0.524. The summed E-state index contributed by atoms with van der Waals surface area (Å²) in [5, 5.41) is 7.01. The summed E-state index contributed by atoms with van der Waals surface area (Å²) in [6.45, 7) is 1.87. The normalized spacial score (nSPS) is 19.5. The molecule has 2 N–H and O–H groups in total. The zero-order valence-electron chi connectivity index (χ0n) is 16.6. The van der Waals surface area contributed by atoms with E-state index in [0.717, 1.165) is 37.8 Å². The summed E-state index contributed by atoms with van der Waals surface area (Å²) in [6.07, 6.45) is 6.07. The number of likely N-dealkylation sites (tertiary alicyclic amines) is 1. The maximum absolute atomic E-state index is 13.1. The molecule has 150 valence electrons. The number of fused-ring (bicyclic) bond motifs is 1. The largest absolute Gasteiger partial charge is 0.350 e. The van der Waals surface area contributed by atoms with E-state index < -0.39 is 0 Å². The molecule has 7 heteroatoms. The fourth-order valence-electron chi connectivity index (χ4n) is 4.34. The third-order valence-corrected chi connectivity index (χ3v) is 5.88. The Labute approximate surface area is 165 Å². The smallest absolute Gasteiger partial charge is 0.318 e. The summed E-state index contributed by atoms with van der Waals surface area (Å²) in [7, 11) is 3.68. The van der Waals surface area contributed by atoms with Gasteiger partial charge in [-0.3, -0.25) is 0 Å². The number of para-hydroxylation sites is 1. The molecule has 28 heavy (non-hydrogen) atoms. The van der Waals surface area contributed by atoms with Gasteiger partial charge in [0, 0.05) is 56.9 Å². The van der Waals surface area contributed by atoms with Crippen molar-refractivity contribution in [1.82, 2.24) is 25.0 Å². The van der Waals surface area contributed by atoms with Crippen LogP contribution in [0.4, 0.5) is 9.59 Å². The zero-order valence-corrected chi connectivity index (χ0v) is 16.6. The van der Waals surface area contributed by atoms with Crippen LogP contribution in [-0.4, -0.2) is 58.7 Å². The zero-order chi connectivity index (χ0) is 19.7. The SMILES string of the molecule is CNC(=O)N1CCC[C@@H](N(C(=O)NCc2cn(C)c3ccccc23)C2CC2)C1. The van der Waals surface area contributed by atoms with Crippen molar-refractivity contribution in [1.29, 1.82) is 0 Å². The lowest BCUT2D eigenvalue weighted by atomic mass is 10.0. The second-order valence-electron chi connectivity index (χ2n) is 7.88. The van der Waals surface area contributed by atoms with Crippen LogP contribution in [0.5, 0.6) is 0 Å². The van der Waals surface area contributed by atoms with Crippen molar-refractivity contribution in [2.75, 3.05) is 20.1 Å². The summed E-state index contributed by atoms with van der Waals surface area (Å²) in [5.41, 5.74) is 2.29. The topological polar surface area (TPSA) is 69.6 Å². The van der Waals surface area contributed by atoms with E-state index in [0.29, 0.717) is 19.1 Å². The monoisotopic (exact) mass is 383 g/mol. The molecule has 2 aromatic rings. The van der Waals surface area contributed by atoms with Crippen molar-refractivity contribution in [2.24, 2.45) is 7.05 Å². The molecule has 4 rings (SSSR count). The molecular weight excluding hydrogens is 354 g/mol. The molecule has 2 fully saturated rings.